The van der Waals surface area contributed by atoms with E-state index in [-0.39, 0.29) is 16.8 Å². The van der Waals surface area contributed by atoms with Crippen LogP contribution in [0.4, 0.5) is 0 Å². The highest BCUT2D eigenvalue weighted by Crippen LogP contribution is 2.28. The quantitative estimate of drug-likeness (QED) is 0.644. The van der Waals surface area contributed by atoms with Crippen LogP contribution in [0.15, 0.2) is 23.1 Å². The van der Waals surface area contributed by atoms with Gasteiger partial charge in [-0.25, -0.2) is 13.1 Å². The summed E-state index contributed by atoms with van der Waals surface area (Å²) in [4.78, 5) is 12.8. The molecule has 2 aliphatic rings. The van der Waals surface area contributed by atoms with E-state index in [1.54, 1.807) is 30.0 Å². The maximum atomic E-state index is 13.3. The van der Waals surface area contributed by atoms with E-state index in [4.69, 9.17) is 4.74 Å². The number of ether oxygens (including phenoxy) is 1. The van der Waals surface area contributed by atoms with Crippen LogP contribution in [0.3, 0.4) is 0 Å². The van der Waals surface area contributed by atoms with Gasteiger partial charge in [-0.3, -0.25) is 4.79 Å². The second-order valence-electron chi connectivity index (χ2n) is 7.72. The van der Waals surface area contributed by atoms with Crippen LogP contribution in [-0.4, -0.2) is 66.0 Å². The van der Waals surface area contributed by atoms with Crippen LogP contribution in [0.5, 0.6) is 0 Å². The third kappa shape index (κ3) is 4.29. The van der Waals surface area contributed by atoms with Crippen molar-refractivity contribution in [3.8, 4) is 0 Å². The van der Waals surface area contributed by atoms with Crippen LogP contribution in [0.1, 0.15) is 38.5 Å². The number of benzene rings is 1. The molecule has 1 amide bonds. The van der Waals surface area contributed by atoms with Crippen molar-refractivity contribution in [2.24, 2.45) is 0 Å². The molecule has 2 fully saturated rings. The van der Waals surface area contributed by atoms with Crippen molar-refractivity contribution < 1.29 is 17.9 Å². The average molecular weight is 422 g/mol. The lowest BCUT2D eigenvalue weighted by molar-refractivity contribution is -0.125. The van der Waals surface area contributed by atoms with Crippen molar-refractivity contribution in [1.29, 1.82) is 0 Å². The number of aromatic nitrogens is 3. The summed E-state index contributed by atoms with van der Waals surface area (Å²) in [6.07, 6.45) is 4.90. The Morgan fingerprint density at radius 3 is 2.86 bits per heavy atom. The van der Waals surface area contributed by atoms with E-state index in [1.807, 2.05) is 0 Å². The molecule has 0 bridgehead atoms. The van der Waals surface area contributed by atoms with Crippen LogP contribution >= 0.6 is 0 Å². The second kappa shape index (κ2) is 8.37. The number of rotatable bonds is 8. The van der Waals surface area contributed by atoms with Crippen LogP contribution in [0.25, 0.3) is 11.0 Å². The first kappa shape index (κ1) is 20.2. The van der Waals surface area contributed by atoms with Gasteiger partial charge in [0.1, 0.15) is 11.6 Å². The third-order valence-corrected chi connectivity index (χ3v) is 7.39. The van der Waals surface area contributed by atoms with Gasteiger partial charge in [0.25, 0.3) is 0 Å². The van der Waals surface area contributed by atoms with Crippen LogP contribution in [-0.2, 0) is 26.1 Å². The largest absolute Gasteiger partial charge is 0.385 e. The molecule has 29 heavy (non-hydrogen) atoms. The molecule has 4 rings (SSSR count). The number of carbonyl (C=O) groups excluding carboxylic acids is 1. The molecule has 1 atom stereocenters. The molecule has 1 saturated heterocycles. The zero-order valence-electron chi connectivity index (χ0n) is 16.6. The summed E-state index contributed by atoms with van der Waals surface area (Å²) in [6.45, 7) is 1.62. The zero-order chi connectivity index (χ0) is 20.4. The highest BCUT2D eigenvalue weighted by Gasteiger charge is 2.39. The summed E-state index contributed by atoms with van der Waals surface area (Å²) in [5.41, 5.74) is 1.31. The molecular weight excluding hydrogens is 394 g/mol. The van der Waals surface area contributed by atoms with Gasteiger partial charge in [-0.15, -0.1) is 5.10 Å². The molecule has 2 heterocycles. The van der Waals surface area contributed by atoms with Crippen molar-refractivity contribution >= 4 is 27.0 Å². The van der Waals surface area contributed by atoms with Gasteiger partial charge >= 0.3 is 0 Å². The van der Waals surface area contributed by atoms with Gasteiger partial charge in [-0.05, 0) is 50.3 Å². The first-order valence-electron chi connectivity index (χ1n) is 10.1. The molecular formula is C19H27N5O4S. The van der Waals surface area contributed by atoms with Gasteiger partial charge in [0, 0.05) is 32.8 Å². The first-order chi connectivity index (χ1) is 14.0. The minimum atomic E-state index is -3.80. The number of fused-ring (bicyclic) bond motifs is 1. The molecule has 1 unspecified atom stereocenters. The molecule has 0 spiro atoms. The fourth-order valence-corrected chi connectivity index (χ4v) is 5.43. The molecule has 0 radical (unpaired) electrons. The number of piperidine rings is 1. The van der Waals surface area contributed by atoms with Crippen molar-refractivity contribution in [2.75, 3.05) is 20.3 Å². The van der Waals surface area contributed by atoms with E-state index in [2.05, 4.69) is 15.6 Å². The van der Waals surface area contributed by atoms with E-state index in [0.717, 1.165) is 37.6 Å². The first-order valence-corrected chi connectivity index (χ1v) is 11.6. The van der Waals surface area contributed by atoms with Crippen molar-refractivity contribution in [2.45, 2.75) is 62.0 Å². The van der Waals surface area contributed by atoms with Gasteiger partial charge in [0.2, 0.25) is 15.9 Å². The predicted molar refractivity (Wildman–Crippen MR) is 107 cm³/mol. The molecule has 2 aromatic rings. The molecule has 1 saturated carbocycles. The summed E-state index contributed by atoms with van der Waals surface area (Å²) in [5.74, 6) is -0.180. The van der Waals surface area contributed by atoms with Crippen LogP contribution in [0, 0.1) is 0 Å². The Morgan fingerprint density at radius 2 is 2.10 bits per heavy atom. The van der Waals surface area contributed by atoms with Gasteiger partial charge in [-0.2, -0.15) is 4.31 Å². The van der Waals surface area contributed by atoms with Crippen molar-refractivity contribution in [3.63, 3.8) is 0 Å². The molecule has 158 valence electrons. The van der Waals surface area contributed by atoms with E-state index in [0.29, 0.717) is 31.6 Å². The van der Waals surface area contributed by atoms with Crippen LogP contribution in [0.2, 0.25) is 0 Å². The Kier molecular flexibility index (Phi) is 5.84. The van der Waals surface area contributed by atoms with Gasteiger partial charge < -0.3 is 10.1 Å². The fourth-order valence-electron chi connectivity index (χ4n) is 3.75. The monoisotopic (exact) mass is 421 g/mol. The van der Waals surface area contributed by atoms with Crippen molar-refractivity contribution in [3.05, 3.63) is 18.2 Å². The molecule has 1 N–H and O–H groups in total. The van der Waals surface area contributed by atoms with E-state index >= 15 is 0 Å². The lowest BCUT2D eigenvalue weighted by Crippen LogP contribution is -2.52. The number of hydrogen-bond acceptors (Lipinski definition) is 6. The summed E-state index contributed by atoms with van der Waals surface area (Å²) < 4.78 is 34.8. The number of sulfonamides is 1. The highest BCUT2D eigenvalue weighted by atomic mass is 32.2. The molecule has 1 aromatic heterocycles. The van der Waals surface area contributed by atoms with Crippen molar-refractivity contribution in [1.82, 2.24) is 24.6 Å². The van der Waals surface area contributed by atoms with E-state index in [1.165, 1.54) is 4.31 Å². The number of hydrogen-bond donors (Lipinski definition) is 1. The Balaban J connectivity index is 1.57. The molecule has 1 aliphatic heterocycles. The number of methoxy groups -OCH3 is 1. The van der Waals surface area contributed by atoms with E-state index < -0.39 is 16.1 Å². The summed E-state index contributed by atoms with van der Waals surface area (Å²) in [7, 11) is -2.15. The lowest BCUT2D eigenvalue weighted by Gasteiger charge is -2.33. The zero-order valence-corrected chi connectivity index (χ0v) is 17.4. The Labute approximate surface area is 170 Å². The Bertz CT molecular complexity index is 986. The van der Waals surface area contributed by atoms with Gasteiger partial charge in [0.05, 0.1) is 10.4 Å². The number of nitrogens with zero attached hydrogens (tertiary/aromatic N) is 4. The standard InChI is InChI=1S/C19H27N5O4S/c1-28-12-4-10-23-17-9-8-15(13-16(17)21-22-23)29(26,27)24-11-3-2-5-18(24)19(25)20-14-6-7-14/h8-9,13-14,18H,2-7,10-12H2,1H3,(H,20,25). The second-order valence-corrected chi connectivity index (χ2v) is 9.61. The Morgan fingerprint density at radius 1 is 1.28 bits per heavy atom. The number of carbonyl (C=O) groups is 1. The van der Waals surface area contributed by atoms with Gasteiger partial charge in [-0.1, -0.05) is 11.6 Å². The molecule has 10 heteroatoms. The fraction of sp³-hybridized carbons (Fsp3) is 0.632. The smallest absolute Gasteiger partial charge is 0.243 e. The lowest BCUT2D eigenvalue weighted by atomic mass is 10.0. The molecule has 1 aliphatic carbocycles. The minimum Gasteiger partial charge on any atom is -0.385 e. The normalized spacial score (nSPS) is 20.8. The predicted octanol–water partition coefficient (Wildman–Crippen LogP) is 1.29. The van der Waals surface area contributed by atoms with Gasteiger partial charge in [0.15, 0.2) is 0 Å². The average Bonchev–Trinajstić information content (AvgIpc) is 3.45. The maximum absolute atomic E-state index is 13.3. The maximum Gasteiger partial charge on any atom is 0.243 e. The van der Waals surface area contributed by atoms with E-state index in [9.17, 15) is 13.2 Å². The Hall–Kier alpha value is -2.04. The highest BCUT2D eigenvalue weighted by molar-refractivity contribution is 7.89. The molecule has 9 nitrogen and oxygen atoms in total. The number of aryl methyl sites for hydroxylation is 1. The number of nitrogens with one attached hydrogen (secondary N) is 1. The third-order valence-electron chi connectivity index (χ3n) is 5.49. The number of amides is 1. The SMILES string of the molecule is COCCCn1nnc2cc(S(=O)(=O)N3CCCCC3C(=O)NC3CC3)ccc21. The summed E-state index contributed by atoms with van der Waals surface area (Å²) >= 11 is 0. The minimum absolute atomic E-state index is 0.153. The summed E-state index contributed by atoms with van der Waals surface area (Å²) in [6, 6.07) is 4.43. The topological polar surface area (TPSA) is 106 Å². The summed E-state index contributed by atoms with van der Waals surface area (Å²) in [5, 5.41) is 11.2. The van der Waals surface area contributed by atoms with Crippen LogP contribution < -0.4 is 5.32 Å². The molecule has 1 aromatic carbocycles.